The predicted molar refractivity (Wildman–Crippen MR) is 75.1 cm³/mol. The molecule has 0 radical (unpaired) electrons. The molecule has 2 aliphatic heterocycles. The highest BCUT2D eigenvalue weighted by molar-refractivity contribution is 5.83. The third-order valence-electron chi connectivity index (χ3n) is 4.42. The highest BCUT2D eigenvalue weighted by Crippen LogP contribution is 2.29. The van der Waals surface area contributed by atoms with E-state index in [1.54, 1.807) is 7.11 Å². The molecule has 0 bridgehead atoms. The highest BCUT2D eigenvalue weighted by atomic mass is 16.5. The molecule has 2 heterocycles. The van der Waals surface area contributed by atoms with Crippen molar-refractivity contribution in [1.82, 2.24) is 15.5 Å². The maximum absolute atomic E-state index is 12.6. The fourth-order valence-electron chi connectivity index (χ4n) is 3.24. The third-order valence-corrected chi connectivity index (χ3v) is 4.42. The Morgan fingerprint density at radius 2 is 2.21 bits per heavy atom. The number of amides is 1. The average molecular weight is 269 g/mol. The van der Waals surface area contributed by atoms with Crippen LogP contribution in [0.2, 0.25) is 0 Å². The van der Waals surface area contributed by atoms with Gasteiger partial charge in [-0.1, -0.05) is 0 Å². The summed E-state index contributed by atoms with van der Waals surface area (Å²) in [6.07, 6.45) is 4.00. The lowest BCUT2D eigenvalue weighted by molar-refractivity contribution is -0.137. The Hall–Kier alpha value is -0.650. The molecule has 5 nitrogen and oxygen atoms in total. The summed E-state index contributed by atoms with van der Waals surface area (Å²) in [7, 11) is 3.80. The zero-order chi connectivity index (χ0) is 13.7. The second-order valence-corrected chi connectivity index (χ2v) is 6.04. The topological polar surface area (TPSA) is 53.6 Å². The summed E-state index contributed by atoms with van der Waals surface area (Å²) in [6.45, 7) is 4.44. The molecule has 0 saturated carbocycles. The fraction of sp³-hybridized carbons (Fsp3) is 0.929. The Morgan fingerprint density at radius 1 is 1.47 bits per heavy atom. The van der Waals surface area contributed by atoms with E-state index < -0.39 is 0 Å². The van der Waals surface area contributed by atoms with E-state index in [2.05, 4.69) is 22.6 Å². The number of likely N-dealkylation sites (N-methyl/N-ethyl adjacent to an activating group) is 1. The molecule has 0 aromatic carbocycles. The number of ether oxygens (including phenoxy) is 1. The number of hydrogen-bond acceptors (Lipinski definition) is 4. The molecule has 2 N–H and O–H groups in total. The number of carbonyl (C=O) groups is 1. The van der Waals surface area contributed by atoms with Gasteiger partial charge in [0.2, 0.25) is 5.91 Å². The van der Waals surface area contributed by atoms with E-state index in [1.807, 2.05) is 0 Å². The van der Waals surface area contributed by atoms with Crippen LogP contribution in [-0.4, -0.2) is 63.8 Å². The molecular weight excluding hydrogens is 242 g/mol. The summed E-state index contributed by atoms with van der Waals surface area (Å²) in [5.74, 6) is 0.191. The summed E-state index contributed by atoms with van der Waals surface area (Å²) >= 11 is 0. The second-order valence-electron chi connectivity index (χ2n) is 6.04. The van der Waals surface area contributed by atoms with E-state index in [4.69, 9.17) is 4.74 Å². The molecule has 19 heavy (non-hydrogen) atoms. The van der Waals surface area contributed by atoms with Crippen LogP contribution in [0.5, 0.6) is 0 Å². The molecular formula is C14H27N3O2. The quantitative estimate of drug-likeness (QED) is 0.766. The molecule has 1 atom stereocenters. The SMILES string of the molecule is COCC1(C(=O)NC2CCCN(C)C2)CCNCC1. The lowest BCUT2D eigenvalue weighted by Crippen LogP contribution is -2.55. The van der Waals surface area contributed by atoms with Crippen LogP contribution in [0.1, 0.15) is 25.7 Å². The zero-order valence-electron chi connectivity index (χ0n) is 12.2. The Bertz CT molecular complexity index is 298. The number of nitrogens with zero attached hydrogens (tertiary/aromatic N) is 1. The van der Waals surface area contributed by atoms with E-state index in [0.717, 1.165) is 45.4 Å². The van der Waals surface area contributed by atoms with Crippen LogP contribution in [0.3, 0.4) is 0 Å². The molecule has 2 aliphatic rings. The van der Waals surface area contributed by atoms with Gasteiger partial charge >= 0.3 is 0 Å². The van der Waals surface area contributed by atoms with Gasteiger partial charge in [-0.3, -0.25) is 4.79 Å². The summed E-state index contributed by atoms with van der Waals surface area (Å²) < 4.78 is 5.32. The Kier molecular flexibility index (Phi) is 5.19. The van der Waals surface area contributed by atoms with Crippen molar-refractivity contribution >= 4 is 5.91 Å². The fourth-order valence-corrected chi connectivity index (χ4v) is 3.24. The van der Waals surface area contributed by atoms with Crippen molar-refractivity contribution in [2.45, 2.75) is 31.7 Å². The first kappa shape index (κ1) is 14.8. The van der Waals surface area contributed by atoms with Crippen LogP contribution in [-0.2, 0) is 9.53 Å². The number of methoxy groups -OCH3 is 1. The Labute approximate surface area is 116 Å². The minimum atomic E-state index is -0.323. The maximum atomic E-state index is 12.6. The molecule has 0 aromatic heterocycles. The molecule has 1 unspecified atom stereocenters. The van der Waals surface area contributed by atoms with Crippen molar-refractivity contribution < 1.29 is 9.53 Å². The van der Waals surface area contributed by atoms with E-state index in [-0.39, 0.29) is 11.3 Å². The number of rotatable bonds is 4. The summed E-state index contributed by atoms with van der Waals surface area (Å²) in [5, 5.41) is 6.58. The average Bonchev–Trinajstić information content (AvgIpc) is 2.40. The third kappa shape index (κ3) is 3.68. The highest BCUT2D eigenvalue weighted by Gasteiger charge is 2.40. The maximum Gasteiger partial charge on any atom is 0.228 e. The molecule has 0 aliphatic carbocycles. The van der Waals surface area contributed by atoms with Crippen molar-refractivity contribution in [1.29, 1.82) is 0 Å². The van der Waals surface area contributed by atoms with Crippen molar-refractivity contribution in [3.8, 4) is 0 Å². The first-order valence-electron chi connectivity index (χ1n) is 7.35. The minimum Gasteiger partial charge on any atom is -0.384 e. The van der Waals surface area contributed by atoms with Crippen LogP contribution in [0.4, 0.5) is 0 Å². The monoisotopic (exact) mass is 269 g/mol. The van der Waals surface area contributed by atoms with Gasteiger partial charge in [0.05, 0.1) is 12.0 Å². The lowest BCUT2D eigenvalue weighted by atomic mass is 9.78. The second kappa shape index (κ2) is 6.68. The van der Waals surface area contributed by atoms with Crippen molar-refractivity contribution in [2.75, 3.05) is 46.9 Å². The van der Waals surface area contributed by atoms with Crippen LogP contribution in [0.15, 0.2) is 0 Å². The largest absolute Gasteiger partial charge is 0.384 e. The number of hydrogen-bond donors (Lipinski definition) is 2. The molecule has 2 fully saturated rings. The van der Waals surface area contributed by atoms with Gasteiger partial charge in [0.25, 0.3) is 0 Å². The molecule has 5 heteroatoms. The van der Waals surface area contributed by atoms with Crippen LogP contribution < -0.4 is 10.6 Å². The van der Waals surface area contributed by atoms with Gasteiger partial charge in [-0.25, -0.2) is 0 Å². The van der Waals surface area contributed by atoms with Crippen LogP contribution in [0, 0.1) is 5.41 Å². The zero-order valence-corrected chi connectivity index (χ0v) is 12.2. The van der Waals surface area contributed by atoms with Crippen molar-refractivity contribution in [3.05, 3.63) is 0 Å². The van der Waals surface area contributed by atoms with Gasteiger partial charge in [-0.05, 0) is 52.4 Å². The van der Waals surface area contributed by atoms with E-state index in [9.17, 15) is 4.79 Å². The molecule has 1 amide bonds. The van der Waals surface area contributed by atoms with Gasteiger partial charge in [0.15, 0.2) is 0 Å². The number of likely N-dealkylation sites (tertiary alicyclic amines) is 1. The molecule has 2 rings (SSSR count). The molecule has 0 spiro atoms. The normalized spacial score (nSPS) is 28.0. The van der Waals surface area contributed by atoms with Gasteiger partial charge in [0, 0.05) is 19.7 Å². The first-order valence-corrected chi connectivity index (χ1v) is 7.35. The van der Waals surface area contributed by atoms with Crippen LogP contribution >= 0.6 is 0 Å². The van der Waals surface area contributed by atoms with Gasteiger partial charge in [0.1, 0.15) is 0 Å². The summed E-state index contributed by atoms with van der Waals surface area (Å²) in [5.41, 5.74) is -0.323. The van der Waals surface area contributed by atoms with Gasteiger partial charge < -0.3 is 20.3 Å². The van der Waals surface area contributed by atoms with Crippen LogP contribution in [0.25, 0.3) is 0 Å². The van der Waals surface area contributed by atoms with E-state index in [1.165, 1.54) is 6.42 Å². The number of carbonyl (C=O) groups excluding carboxylic acids is 1. The minimum absolute atomic E-state index is 0.191. The molecule has 2 saturated heterocycles. The van der Waals surface area contributed by atoms with Crippen molar-refractivity contribution in [3.63, 3.8) is 0 Å². The predicted octanol–water partition coefficient (Wildman–Crippen LogP) is 0.213. The van der Waals surface area contributed by atoms with Gasteiger partial charge in [-0.2, -0.15) is 0 Å². The van der Waals surface area contributed by atoms with E-state index in [0.29, 0.717) is 12.6 Å². The summed E-state index contributed by atoms with van der Waals surface area (Å²) in [6, 6.07) is 0.301. The van der Waals surface area contributed by atoms with E-state index >= 15 is 0 Å². The lowest BCUT2D eigenvalue weighted by Gasteiger charge is -2.38. The molecule has 0 aromatic rings. The number of piperidine rings is 2. The summed E-state index contributed by atoms with van der Waals surface area (Å²) in [4.78, 5) is 14.9. The first-order chi connectivity index (χ1) is 9.16. The smallest absolute Gasteiger partial charge is 0.228 e. The Balaban J connectivity index is 1.95. The Morgan fingerprint density at radius 3 is 2.84 bits per heavy atom. The van der Waals surface area contributed by atoms with Crippen molar-refractivity contribution in [2.24, 2.45) is 5.41 Å². The van der Waals surface area contributed by atoms with Gasteiger partial charge in [-0.15, -0.1) is 0 Å². The standard InChI is InChI=1S/C14H27N3O2/c1-17-9-3-4-12(10-17)16-13(18)14(11-19-2)5-7-15-8-6-14/h12,15H,3-11H2,1-2H3,(H,16,18). The number of nitrogens with one attached hydrogen (secondary N) is 2. The molecule has 110 valence electrons.